The van der Waals surface area contributed by atoms with E-state index in [1.165, 1.54) is 5.39 Å². The Kier molecular flexibility index (Phi) is 12.1. The number of hydrogen-bond donors (Lipinski definition) is 5. The molecular weight excluding hydrogens is 579 g/mol. The Bertz CT molecular complexity index is 1540. The molecule has 3 aromatic carbocycles. The quantitative estimate of drug-likeness (QED) is 0.123. The summed E-state index contributed by atoms with van der Waals surface area (Å²) in [6.07, 6.45) is 0.431. The molecule has 0 saturated heterocycles. The summed E-state index contributed by atoms with van der Waals surface area (Å²) in [6, 6.07) is 21.0. The first kappa shape index (κ1) is 33.4. The van der Waals surface area contributed by atoms with Gasteiger partial charge < -0.3 is 30.8 Å². The highest BCUT2D eigenvalue weighted by Gasteiger charge is 2.38. The van der Waals surface area contributed by atoms with Gasteiger partial charge in [0, 0.05) is 24.7 Å². The molecule has 0 aliphatic carbocycles. The van der Waals surface area contributed by atoms with Crippen LogP contribution in [0, 0.1) is 0 Å². The number of carbonyl (C=O) groups is 3. The average molecular weight is 614 g/mol. The number of aromatic nitrogens is 2. The summed E-state index contributed by atoms with van der Waals surface area (Å²) < 4.78 is 36.9. The van der Waals surface area contributed by atoms with Crippen LogP contribution in [-0.4, -0.2) is 53.3 Å². The van der Waals surface area contributed by atoms with Crippen molar-refractivity contribution in [3.63, 3.8) is 0 Å². The molecule has 0 bridgehead atoms. The number of methoxy groups -OCH3 is 1. The van der Waals surface area contributed by atoms with E-state index >= 15 is 0 Å². The molecular formula is C31H34F3N5O5. The fourth-order valence-electron chi connectivity index (χ4n) is 4.23. The zero-order valence-corrected chi connectivity index (χ0v) is 24.2. The van der Waals surface area contributed by atoms with E-state index in [0.717, 1.165) is 41.7 Å². The van der Waals surface area contributed by atoms with Crippen LogP contribution in [0.15, 0.2) is 72.9 Å². The number of ether oxygens (including phenoxy) is 1. The molecule has 0 saturated carbocycles. The number of aliphatic carboxylic acids is 1. The molecule has 1 aromatic heterocycles. The Hall–Kier alpha value is -5.07. The van der Waals surface area contributed by atoms with Gasteiger partial charge in [0.2, 0.25) is 5.91 Å². The number of fused-ring (bicyclic) bond motifs is 1. The minimum absolute atomic E-state index is 0.0413. The van der Waals surface area contributed by atoms with Crippen molar-refractivity contribution in [3.05, 3.63) is 78.8 Å². The molecule has 3 amide bonds. The number of imidazole rings is 1. The Morgan fingerprint density at radius 2 is 1.66 bits per heavy atom. The van der Waals surface area contributed by atoms with Crippen LogP contribution in [0.2, 0.25) is 0 Å². The summed E-state index contributed by atoms with van der Waals surface area (Å²) in [5.41, 5.74) is 2.59. The third-order valence-corrected chi connectivity index (χ3v) is 6.56. The molecule has 1 heterocycles. The molecule has 0 aliphatic rings. The number of benzene rings is 3. The van der Waals surface area contributed by atoms with E-state index in [4.69, 9.17) is 14.6 Å². The highest BCUT2D eigenvalue weighted by Crippen LogP contribution is 2.26. The van der Waals surface area contributed by atoms with Gasteiger partial charge in [-0.1, -0.05) is 49.2 Å². The van der Waals surface area contributed by atoms with Crippen LogP contribution < -0.4 is 20.7 Å². The third kappa shape index (κ3) is 10.3. The number of carboxylic acids is 1. The van der Waals surface area contributed by atoms with Crippen LogP contribution >= 0.6 is 0 Å². The van der Waals surface area contributed by atoms with Crippen molar-refractivity contribution in [1.82, 2.24) is 20.6 Å². The van der Waals surface area contributed by atoms with Crippen LogP contribution in [0.5, 0.6) is 5.75 Å². The second-order valence-electron chi connectivity index (χ2n) is 9.70. The van der Waals surface area contributed by atoms with Crippen molar-refractivity contribution in [2.75, 3.05) is 19.5 Å². The van der Waals surface area contributed by atoms with Crippen molar-refractivity contribution in [2.45, 2.75) is 44.3 Å². The summed E-state index contributed by atoms with van der Waals surface area (Å²) in [5.74, 6) is -1.30. The van der Waals surface area contributed by atoms with Crippen molar-refractivity contribution in [2.24, 2.45) is 0 Å². The summed E-state index contributed by atoms with van der Waals surface area (Å²) in [5, 5.41) is 18.0. The lowest BCUT2D eigenvalue weighted by Crippen LogP contribution is -2.33. The Balaban J connectivity index is 0.000000676. The number of urea groups is 1. The predicted octanol–water partition coefficient (Wildman–Crippen LogP) is 6.43. The minimum atomic E-state index is -5.08. The number of H-pyrrole nitrogens is 1. The van der Waals surface area contributed by atoms with Gasteiger partial charge in [0.15, 0.2) is 0 Å². The van der Waals surface area contributed by atoms with Gasteiger partial charge in [0.25, 0.3) is 0 Å². The number of amides is 3. The molecule has 0 spiro atoms. The lowest BCUT2D eigenvalue weighted by Gasteiger charge is -2.17. The first-order chi connectivity index (χ1) is 21.0. The average Bonchev–Trinajstić information content (AvgIpc) is 3.50. The zero-order chi connectivity index (χ0) is 32.1. The Morgan fingerprint density at radius 3 is 2.30 bits per heavy atom. The summed E-state index contributed by atoms with van der Waals surface area (Å²) >= 11 is 0. The number of anilines is 1. The maximum Gasteiger partial charge on any atom is 0.490 e. The van der Waals surface area contributed by atoms with Gasteiger partial charge in [-0.25, -0.2) is 14.6 Å². The molecule has 1 atom stereocenters. The molecule has 0 unspecified atom stereocenters. The number of carbonyl (C=O) groups excluding carboxylic acids is 2. The summed E-state index contributed by atoms with van der Waals surface area (Å²) in [4.78, 5) is 41.3. The van der Waals surface area contributed by atoms with E-state index in [9.17, 15) is 22.8 Å². The number of alkyl halides is 3. The minimum Gasteiger partial charge on any atom is -0.497 e. The molecule has 0 radical (unpaired) electrons. The van der Waals surface area contributed by atoms with Crippen molar-refractivity contribution < 1.29 is 37.4 Å². The SMILES string of the molecule is CNC(=O)CCCCC[C@H](NC(=O)Nc1ccc(OC)cc1)c1ncc(-c2ccc3ccccc3c2)[nH]1.O=C(O)C(F)(F)F. The molecule has 13 heteroatoms. The molecule has 4 aromatic rings. The largest absolute Gasteiger partial charge is 0.497 e. The van der Waals surface area contributed by atoms with Crippen LogP contribution in [-0.2, 0) is 9.59 Å². The van der Waals surface area contributed by atoms with Gasteiger partial charge in [-0.15, -0.1) is 0 Å². The topological polar surface area (TPSA) is 145 Å². The standard InChI is InChI=1S/C29H33N5O3.C2HF3O2/c1-30-27(35)11-5-3-4-10-25(34-29(36)32-23-14-16-24(37-2)17-15-23)28-31-19-26(33-28)22-13-12-20-8-6-7-9-21(20)18-22;3-2(4,5)1(6)7/h6-9,12-19,25H,3-5,10-11H2,1-2H3,(H,30,35)(H,31,33)(H2,32,34,36);(H,6,7)/t25-;/m0./s1. The number of halogens is 3. The molecule has 0 fully saturated rings. The van der Waals surface area contributed by atoms with Crippen molar-refractivity contribution in [1.29, 1.82) is 0 Å². The van der Waals surface area contributed by atoms with Crippen molar-refractivity contribution >= 4 is 34.4 Å². The molecule has 234 valence electrons. The summed E-state index contributed by atoms with van der Waals surface area (Å²) in [6.45, 7) is 0. The van der Waals surface area contributed by atoms with Crippen molar-refractivity contribution in [3.8, 4) is 17.0 Å². The maximum absolute atomic E-state index is 12.8. The number of hydrogen-bond acceptors (Lipinski definition) is 5. The normalized spacial score (nSPS) is 11.6. The van der Waals surface area contributed by atoms with E-state index in [-0.39, 0.29) is 18.0 Å². The maximum atomic E-state index is 12.8. The molecule has 4 rings (SSSR count). The van der Waals surface area contributed by atoms with Gasteiger partial charge in [-0.05, 0) is 53.9 Å². The van der Waals surface area contributed by atoms with E-state index in [1.54, 1.807) is 44.6 Å². The lowest BCUT2D eigenvalue weighted by molar-refractivity contribution is -0.192. The van der Waals surface area contributed by atoms with Crippen LogP contribution in [0.4, 0.5) is 23.7 Å². The van der Waals surface area contributed by atoms with E-state index in [1.807, 2.05) is 12.1 Å². The first-order valence-corrected chi connectivity index (χ1v) is 13.8. The smallest absolute Gasteiger partial charge is 0.490 e. The monoisotopic (exact) mass is 613 g/mol. The fourth-order valence-corrected chi connectivity index (χ4v) is 4.23. The number of nitrogens with zero attached hydrogens (tertiary/aromatic N) is 1. The molecule has 0 aliphatic heterocycles. The molecule has 5 N–H and O–H groups in total. The van der Waals surface area contributed by atoms with Gasteiger partial charge in [0.05, 0.1) is 25.0 Å². The molecule has 10 nitrogen and oxygen atoms in total. The number of nitrogens with one attached hydrogen (secondary N) is 4. The number of aromatic amines is 1. The van der Waals surface area contributed by atoms with E-state index in [0.29, 0.717) is 24.4 Å². The van der Waals surface area contributed by atoms with Gasteiger partial charge in [-0.3, -0.25) is 4.79 Å². The van der Waals surface area contributed by atoms with E-state index in [2.05, 4.69) is 56.3 Å². The summed E-state index contributed by atoms with van der Waals surface area (Å²) in [7, 11) is 3.25. The number of carboxylic acid groups (broad SMARTS) is 1. The third-order valence-electron chi connectivity index (χ3n) is 6.56. The van der Waals surface area contributed by atoms with E-state index < -0.39 is 12.1 Å². The second kappa shape index (κ2) is 16.0. The highest BCUT2D eigenvalue weighted by molar-refractivity contribution is 5.89. The second-order valence-corrected chi connectivity index (χ2v) is 9.70. The first-order valence-electron chi connectivity index (χ1n) is 13.8. The Labute approximate surface area is 252 Å². The Morgan fingerprint density at radius 1 is 0.977 bits per heavy atom. The van der Waals surface area contributed by atoms with Crippen LogP contribution in [0.25, 0.3) is 22.0 Å². The van der Waals surface area contributed by atoms with Gasteiger partial charge in [0.1, 0.15) is 11.6 Å². The molecule has 44 heavy (non-hydrogen) atoms. The van der Waals surface area contributed by atoms with Gasteiger partial charge >= 0.3 is 18.2 Å². The van der Waals surface area contributed by atoms with Crippen LogP contribution in [0.3, 0.4) is 0 Å². The van der Waals surface area contributed by atoms with Gasteiger partial charge in [-0.2, -0.15) is 13.2 Å². The predicted molar refractivity (Wildman–Crippen MR) is 160 cm³/mol. The fraction of sp³-hybridized carbons (Fsp3) is 0.290. The lowest BCUT2D eigenvalue weighted by atomic mass is 10.1. The zero-order valence-electron chi connectivity index (χ0n) is 24.2. The van der Waals surface area contributed by atoms with Crippen LogP contribution in [0.1, 0.15) is 44.0 Å². The number of unbranched alkanes of at least 4 members (excludes halogenated alkanes) is 2. The highest BCUT2D eigenvalue weighted by atomic mass is 19.4. The number of rotatable bonds is 11.